The van der Waals surface area contributed by atoms with Crippen molar-refractivity contribution in [2.45, 2.75) is 13.2 Å². The number of rotatable bonds is 3. The quantitative estimate of drug-likeness (QED) is 0.744. The highest BCUT2D eigenvalue weighted by Crippen LogP contribution is 2.11. The van der Waals surface area contributed by atoms with Gasteiger partial charge in [0.05, 0.1) is 13.2 Å². The van der Waals surface area contributed by atoms with Gasteiger partial charge in [-0.25, -0.2) is 4.39 Å². The van der Waals surface area contributed by atoms with Gasteiger partial charge in [0.1, 0.15) is 5.82 Å². The van der Waals surface area contributed by atoms with Crippen LogP contribution in [-0.2, 0) is 18.0 Å². The summed E-state index contributed by atoms with van der Waals surface area (Å²) < 4.78 is 17.7. The van der Waals surface area contributed by atoms with E-state index in [0.717, 1.165) is 0 Å². The summed E-state index contributed by atoms with van der Waals surface area (Å²) in [5.74, 6) is -0.297. The van der Waals surface area contributed by atoms with Gasteiger partial charge in [-0.2, -0.15) is 0 Å². The van der Waals surface area contributed by atoms with Gasteiger partial charge in [0.15, 0.2) is 0 Å². The van der Waals surface area contributed by atoms with Gasteiger partial charge in [-0.15, -0.1) is 0 Å². The fraction of sp³-hybridized carbons (Fsp3) is 0.333. The highest BCUT2D eigenvalue weighted by Gasteiger charge is 2.01. The van der Waals surface area contributed by atoms with Gasteiger partial charge >= 0.3 is 0 Å². The number of hydrogen-bond acceptors (Lipinski definition) is 2. The molecule has 0 atom stereocenters. The zero-order valence-corrected chi connectivity index (χ0v) is 6.88. The maximum Gasteiger partial charge on any atom is 0.128 e. The molecule has 0 aromatic heterocycles. The van der Waals surface area contributed by atoms with Crippen molar-refractivity contribution in [3.05, 3.63) is 35.1 Å². The molecular formula is C9H11FO2. The van der Waals surface area contributed by atoms with Gasteiger partial charge in [-0.3, -0.25) is 0 Å². The smallest absolute Gasteiger partial charge is 0.128 e. The van der Waals surface area contributed by atoms with Crippen LogP contribution in [0.2, 0.25) is 0 Å². The van der Waals surface area contributed by atoms with Crippen molar-refractivity contribution in [2.75, 3.05) is 7.11 Å². The largest absolute Gasteiger partial charge is 0.392 e. The molecule has 0 aliphatic carbocycles. The molecule has 1 N–H and O–H groups in total. The van der Waals surface area contributed by atoms with E-state index >= 15 is 0 Å². The third-order valence-electron chi connectivity index (χ3n) is 1.59. The fourth-order valence-corrected chi connectivity index (χ4v) is 0.993. The first-order valence-electron chi connectivity index (χ1n) is 3.65. The molecule has 0 saturated carbocycles. The van der Waals surface area contributed by atoms with Crippen LogP contribution in [0.5, 0.6) is 0 Å². The average molecular weight is 170 g/mol. The minimum atomic E-state index is -0.297. The molecule has 0 radical (unpaired) electrons. The average Bonchev–Trinajstić information content (AvgIpc) is 2.09. The van der Waals surface area contributed by atoms with Crippen molar-refractivity contribution in [1.29, 1.82) is 0 Å². The predicted molar refractivity (Wildman–Crippen MR) is 43.0 cm³/mol. The second-order valence-corrected chi connectivity index (χ2v) is 2.52. The van der Waals surface area contributed by atoms with E-state index in [4.69, 9.17) is 9.84 Å². The second-order valence-electron chi connectivity index (χ2n) is 2.52. The van der Waals surface area contributed by atoms with Crippen LogP contribution < -0.4 is 0 Å². The summed E-state index contributed by atoms with van der Waals surface area (Å²) in [6.45, 7) is 0.163. The van der Waals surface area contributed by atoms with Crippen LogP contribution in [0.4, 0.5) is 4.39 Å². The Morgan fingerprint density at radius 2 is 2.25 bits per heavy atom. The van der Waals surface area contributed by atoms with Gasteiger partial charge in [0.25, 0.3) is 0 Å². The van der Waals surface area contributed by atoms with E-state index < -0.39 is 0 Å². The van der Waals surface area contributed by atoms with E-state index in [0.29, 0.717) is 11.1 Å². The summed E-state index contributed by atoms with van der Waals surface area (Å²) in [5, 5.41) is 8.76. The summed E-state index contributed by atoms with van der Waals surface area (Å²) >= 11 is 0. The molecule has 0 fully saturated rings. The number of aliphatic hydroxyl groups is 1. The lowest BCUT2D eigenvalue weighted by atomic mass is 10.1. The van der Waals surface area contributed by atoms with Crippen molar-refractivity contribution < 1.29 is 14.2 Å². The zero-order valence-electron chi connectivity index (χ0n) is 6.88. The Hall–Kier alpha value is -0.930. The van der Waals surface area contributed by atoms with Gasteiger partial charge in [-0.05, 0) is 17.7 Å². The molecule has 0 saturated heterocycles. The lowest BCUT2D eigenvalue weighted by Crippen LogP contribution is -1.94. The molecule has 0 unspecified atom stereocenters. The van der Waals surface area contributed by atoms with Crippen LogP contribution in [0, 0.1) is 5.82 Å². The highest BCUT2D eigenvalue weighted by atomic mass is 19.1. The molecule has 0 amide bonds. The molecule has 0 heterocycles. The zero-order chi connectivity index (χ0) is 8.97. The van der Waals surface area contributed by atoms with E-state index in [1.807, 2.05) is 0 Å². The van der Waals surface area contributed by atoms with Gasteiger partial charge in [0, 0.05) is 12.7 Å². The summed E-state index contributed by atoms with van der Waals surface area (Å²) in [4.78, 5) is 0. The van der Waals surface area contributed by atoms with Crippen LogP contribution in [0.3, 0.4) is 0 Å². The SMILES string of the molecule is COCc1cc(CO)ccc1F. The summed E-state index contributed by atoms with van der Waals surface area (Å²) in [7, 11) is 1.51. The summed E-state index contributed by atoms with van der Waals surface area (Å²) in [6, 6.07) is 4.48. The first kappa shape index (κ1) is 9.16. The standard InChI is InChI=1S/C9H11FO2/c1-12-6-8-4-7(5-11)2-3-9(8)10/h2-4,11H,5-6H2,1H3. The van der Waals surface area contributed by atoms with Crippen LogP contribution in [-0.4, -0.2) is 12.2 Å². The number of methoxy groups -OCH3 is 1. The maximum absolute atomic E-state index is 12.9. The minimum Gasteiger partial charge on any atom is -0.392 e. The molecule has 0 aliphatic rings. The van der Waals surface area contributed by atoms with Gasteiger partial charge in [-0.1, -0.05) is 6.07 Å². The van der Waals surface area contributed by atoms with E-state index in [-0.39, 0.29) is 19.0 Å². The Kier molecular flexibility index (Phi) is 3.19. The molecule has 0 aliphatic heterocycles. The third kappa shape index (κ3) is 2.03. The van der Waals surface area contributed by atoms with Crippen molar-refractivity contribution in [1.82, 2.24) is 0 Å². The van der Waals surface area contributed by atoms with Crippen molar-refractivity contribution >= 4 is 0 Å². The monoisotopic (exact) mass is 170 g/mol. The van der Waals surface area contributed by atoms with Crippen LogP contribution in [0.1, 0.15) is 11.1 Å². The van der Waals surface area contributed by atoms with Crippen LogP contribution in [0.25, 0.3) is 0 Å². The lowest BCUT2D eigenvalue weighted by molar-refractivity contribution is 0.181. The molecule has 1 aromatic rings. The lowest BCUT2D eigenvalue weighted by Gasteiger charge is -2.03. The predicted octanol–water partition coefficient (Wildman–Crippen LogP) is 1.46. The molecule has 1 rings (SSSR count). The van der Waals surface area contributed by atoms with E-state index in [9.17, 15) is 4.39 Å². The number of benzene rings is 1. The van der Waals surface area contributed by atoms with Crippen molar-refractivity contribution in [3.8, 4) is 0 Å². The third-order valence-corrected chi connectivity index (χ3v) is 1.59. The molecule has 2 nitrogen and oxygen atoms in total. The van der Waals surface area contributed by atoms with E-state index in [2.05, 4.69) is 0 Å². The molecule has 12 heavy (non-hydrogen) atoms. The molecule has 1 aromatic carbocycles. The maximum atomic E-state index is 12.9. The van der Waals surface area contributed by atoms with Crippen molar-refractivity contribution in [2.24, 2.45) is 0 Å². The molecule has 66 valence electrons. The fourth-order valence-electron chi connectivity index (χ4n) is 0.993. The summed E-state index contributed by atoms with van der Waals surface area (Å²) in [6.07, 6.45) is 0. The highest BCUT2D eigenvalue weighted by molar-refractivity contribution is 5.24. The molecule has 0 spiro atoms. The van der Waals surface area contributed by atoms with E-state index in [1.54, 1.807) is 12.1 Å². The number of hydrogen-bond donors (Lipinski definition) is 1. The summed E-state index contributed by atoms with van der Waals surface area (Å²) in [5.41, 5.74) is 1.17. The molecular weight excluding hydrogens is 159 g/mol. The Bertz CT molecular complexity index is 261. The first-order chi connectivity index (χ1) is 5.77. The Morgan fingerprint density at radius 3 is 2.83 bits per heavy atom. The van der Waals surface area contributed by atoms with E-state index in [1.165, 1.54) is 13.2 Å². The Balaban J connectivity index is 2.91. The normalized spacial score (nSPS) is 10.2. The molecule has 3 heteroatoms. The van der Waals surface area contributed by atoms with Crippen molar-refractivity contribution in [3.63, 3.8) is 0 Å². The van der Waals surface area contributed by atoms with Gasteiger partial charge < -0.3 is 9.84 Å². The van der Waals surface area contributed by atoms with Crippen LogP contribution in [0.15, 0.2) is 18.2 Å². The Labute approximate surface area is 70.6 Å². The second kappa shape index (κ2) is 4.18. The van der Waals surface area contributed by atoms with Crippen LogP contribution >= 0.6 is 0 Å². The number of aliphatic hydroxyl groups excluding tert-OH is 1. The van der Waals surface area contributed by atoms with Gasteiger partial charge in [0.2, 0.25) is 0 Å². The number of ether oxygens (including phenoxy) is 1. The topological polar surface area (TPSA) is 29.5 Å². The number of halogens is 1. The molecule has 0 bridgehead atoms. The minimum absolute atomic E-state index is 0.0724. The Morgan fingerprint density at radius 1 is 1.50 bits per heavy atom. The first-order valence-corrected chi connectivity index (χ1v) is 3.65.